The highest BCUT2D eigenvalue weighted by Crippen LogP contribution is 2.29. The van der Waals surface area contributed by atoms with E-state index >= 15 is 0 Å². The number of benzene rings is 1. The Morgan fingerprint density at radius 3 is 2.63 bits per heavy atom. The van der Waals surface area contributed by atoms with Crippen LogP contribution < -0.4 is 0 Å². The van der Waals surface area contributed by atoms with Crippen molar-refractivity contribution in [1.29, 1.82) is 0 Å². The van der Waals surface area contributed by atoms with Crippen molar-refractivity contribution in [1.82, 2.24) is 20.1 Å². The number of H-pyrrole nitrogens is 1. The third kappa shape index (κ3) is 3.37. The molecule has 5 nitrogen and oxygen atoms in total. The molecule has 0 bridgehead atoms. The SMILES string of the molecule is Cc1cc(C)nc(C(=O)N2CCc3[nH]nc(-c4ccccc4C)c3CC2)c1. The highest BCUT2D eigenvalue weighted by molar-refractivity contribution is 5.92. The van der Waals surface area contributed by atoms with Crippen molar-refractivity contribution < 1.29 is 4.79 Å². The molecule has 0 unspecified atom stereocenters. The highest BCUT2D eigenvalue weighted by atomic mass is 16.2. The Labute approximate surface area is 159 Å². The number of hydrogen-bond acceptors (Lipinski definition) is 3. The van der Waals surface area contributed by atoms with Crippen LogP contribution in [-0.4, -0.2) is 39.1 Å². The van der Waals surface area contributed by atoms with Crippen LogP contribution in [0.25, 0.3) is 11.3 Å². The van der Waals surface area contributed by atoms with E-state index in [1.165, 1.54) is 11.1 Å². The van der Waals surface area contributed by atoms with Gasteiger partial charge in [-0.2, -0.15) is 5.10 Å². The number of hydrogen-bond donors (Lipinski definition) is 1. The first-order valence-electron chi connectivity index (χ1n) is 9.39. The van der Waals surface area contributed by atoms with Gasteiger partial charge in [-0.05, 0) is 50.5 Å². The maximum Gasteiger partial charge on any atom is 0.272 e. The molecule has 1 aliphatic heterocycles. The predicted octanol–water partition coefficient (Wildman–Crippen LogP) is 3.64. The zero-order valence-corrected chi connectivity index (χ0v) is 16.0. The number of nitrogens with zero attached hydrogens (tertiary/aromatic N) is 3. The monoisotopic (exact) mass is 360 g/mol. The second-order valence-electron chi connectivity index (χ2n) is 7.31. The number of fused-ring (bicyclic) bond motifs is 1. The summed E-state index contributed by atoms with van der Waals surface area (Å²) in [5.41, 5.74) is 8.23. The number of aromatic amines is 1. The summed E-state index contributed by atoms with van der Waals surface area (Å²) in [5.74, 6) is 0.0114. The van der Waals surface area contributed by atoms with Crippen LogP contribution in [0.5, 0.6) is 0 Å². The predicted molar refractivity (Wildman–Crippen MR) is 106 cm³/mol. The van der Waals surface area contributed by atoms with E-state index in [9.17, 15) is 4.79 Å². The minimum atomic E-state index is 0.0114. The van der Waals surface area contributed by atoms with Gasteiger partial charge in [-0.1, -0.05) is 24.3 Å². The maximum atomic E-state index is 13.0. The Balaban J connectivity index is 1.59. The van der Waals surface area contributed by atoms with Crippen molar-refractivity contribution in [2.45, 2.75) is 33.6 Å². The summed E-state index contributed by atoms with van der Waals surface area (Å²) in [6.45, 7) is 7.39. The lowest BCUT2D eigenvalue weighted by Gasteiger charge is -2.20. The molecule has 1 N–H and O–H groups in total. The molecule has 0 atom stereocenters. The number of aromatic nitrogens is 3. The minimum absolute atomic E-state index is 0.0114. The lowest BCUT2D eigenvalue weighted by atomic mass is 9.99. The summed E-state index contributed by atoms with van der Waals surface area (Å²) in [7, 11) is 0. The first-order valence-corrected chi connectivity index (χ1v) is 9.39. The first kappa shape index (κ1) is 17.5. The molecule has 4 rings (SSSR count). The summed E-state index contributed by atoms with van der Waals surface area (Å²) < 4.78 is 0. The molecular weight excluding hydrogens is 336 g/mol. The fourth-order valence-electron chi connectivity index (χ4n) is 3.86. The van der Waals surface area contributed by atoms with Gasteiger partial charge in [0.1, 0.15) is 5.69 Å². The fourth-order valence-corrected chi connectivity index (χ4v) is 3.86. The van der Waals surface area contributed by atoms with Crippen molar-refractivity contribution >= 4 is 5.91 Å². The van der Waals surface area contributed by atoms with Gasteiger partial charge in [0.15, 0.2) is 0 Å². The van der Waals surface area contributed by atoms with Crippen LogP contribution in [0.2, 0.25) is 0 Å². The van der Waals surface area contributed by atoms with Gasteiger partial charge >= 0.3 is 0 Å². The van der Waals surface area contributed by atoms with Crippen molar-refractivity contribution in [3.8, 4) is 11.3 Å². The molecule has 1 amide bonds. The van der Waals surface area contributed by atoms with E-state index in [-0.39, 0.29) is 5.91 Å². The Bertz CT molecular complexity index is 985. The number of carbonyl (C=O) groups excluding carboxylic acids is 1. The number of pyridine rings is 1. The molecule has 2 aromatic heterocycles. The van der Waals surface area contributed by atoms with E-state index in [0.717, 1.165) is 41.1 Å². The molecule has 27 heavy (non-hydrogen) atoms. The van der Waals surface area contributed by atoms with Gasteiger partial charge in [-0.15, -0.1) is 0 Å². The number of aryl methyl sites for hydroxylation is 3. The molecule has 3 aromatic rings. The van der Waals surface area contributed by atoms with Crippen LogP contribution in [0, 0.1) is 20.8 Å². The quantitative estimate of drug-likeness (QED) is 0.759. The third-order valence-electron chi connectivity index (χ3n) is 5.22. The molecule has 0 spiro atoms. The average molecular weight is 360 g/mol. The van der Waals surface area contributed by atoms with Gasteiger partial charge in [0, 0.05) is 42.0 Å². The van der Waals surface area contributed by atoms with Gasteiger partial charge in [-0.3, -0.25) is 9.89 Å². The van der Waals surface area contributed by atoms with E-state index in [0.29, 0.717) is 18.8 Å². The molecule has 0 radical (unpaired) electrons. The average Bonchev–Trinajstić information content (AvgIpc) is 2.92. The molecule has 0 saturated carbocycles. The lowest BCUT2D eigenvalue weighted by molar-refractivity contribution is 0.0756. The van der Waals surface area contributed by atoms with Crippen molar-refractivity contribution in [2.24, 2.45) is 0 Å². The van der Waals surface area contributed by atoms with Gasteiger partial charge in [0.05, 0.1) is 5.69 Å². The molecule has 1 aromatic carbocycles. The zero-order chi connectivity index (χ0) is 19.0. The molecule has 138 valence electrons. The Morgan fingerprint density at radius 1 is 1.07 bits per heavy atom. The number of nitrogens with one attached hydrogen (secondary N) is 1. The van der Waals surface area contributed by atoms with Crippen molar-refractivity contribution in [3.63, 3.8) is 0 Å². The van der Waals surface area contributed by atoms with Crippen molar-refractivity contribution in [2.75, 3.05) is 13.1 Å². The lowest BCUT2D eigenvalue weighted by Crippen LogP contribution is -2.34. The molecule has 0 fully saturated rings. The van der Waals surface area contributed by atoms with Gasteiger partial charge in [0.2, 0.25) is 0 Å². The number of rotatable bonds is 2. The summed E-state index contributed by atoms with van der Waals surface area (Å²) >= 11 is 0. The van der Waals surface area contributed by atoms with E-state index in [1.54, 1.807) is 0 Å². The van der Waals surface area contributed by atoms with Crippen LogP contribution in [0.3, 0.4) is 0 Å². The van der Waals surface area contributed by atoms with Crippen molar-refractivity contribution in [3.05, 3.63) is 70.2 Å². The number of amides is 1. The van der Waals surface area contributed by atoms with E-state index in [1.807, 2.05) is 43.0 Å². The molecule has 0 saturated heterocycles. The smallest absolute Gasteiger partial charge is 0.272 e. The molecule has 0 aliphatic carbocycles. The fraction of sp³-hybridized carbons (Fsp3) is 0.318. The molecule has 1 aliphatic rings. The third-order valence-corrected chi connectivity index (χ3v) is 5.22. The Morgan fingerprint density at radius 2 is 1.85 bits per heavy atom. The summed E-state index contributed by atoms with van der Waals surface area (Å²) in [4.78, 5) is 19.3. The van der Waals surface area contributed by atoms with Crippen LogP contribution >= 0.6 is 0 Å². The largest absolute Gasteiger partial charge is 0.337 e. The van der Waals surface area contributed by atoms with Gasteiger partial charge in [-0.25, -0.2) is 4.98 Å². The molecule has 3 heterocycles. The van der Waals surface area contributed by atoms with E-state index in [2.05, 4.69) is 34.2 Å². The molecule has 5 heteroatoms. The normalized spacial score (nSPS) is 14.0. The van der Waals surface area contributed by atoms with Gasteiger partial charge < -0.3 is 4.90 Å². The first-order chi connectivity index (χ1) is 13.0. The van der Waals surface area contributed by atoms with Crippen LogP contribution in [0.4, 0.5) is 0 Å². The summed E-state index contributed by atoms with van der Waals surface area (Å²) in [5, 5.41) is 7.79. The maximum absolute atomic E-state index is 13.0. The molecular formula is C22H24N4O. The van der Waals surface area contributed by atoms with Crippen LogP contribution in [0.1, 0.15) is 38.6 Å². The second kappa shape index (κ2) is 6.99. The number of carbonyl (C=O) groups is 1. The Kier molecular flexibility index (Phi) is 4.52. The highest BCUT2D eigenvalue weighted by Gasteiger charge is 2.24. The zero-order valence-electron chi connectivity index (χ0n) is 16.0. The Hall–Kier alpha value is -2.95. The topological polar surface area (TPSA) is 61.9 Å². The van der Waals surface area contributed by atoms with Gasteiger partial charge in [0.25, 0.3) is 5.91 Å². The summed E-state index contributed by atoms with van der Waals surface area (Å²) in [6.07, 6.45) is 1.58. The minimum Gasteiger partial charge on any atom is -0.337 e. The summed E-state index contributed by atoms with van der Waals surface area (Å²) in [6, 6.07) is 12.2. The standard InChI is InChI=1S/C22H24N4O/c1-14-12-16(3)23-20(13-14)22(27)26-10-8-18-19(9-11-26)24-25-21(18)17-7-5-4-6-15(17)2/h4-7,12-13H,8-11H2,1-3H3,(H,24,25). The second-order valence-corrected chi connectivity index (χ2v) is 7.31. The van der Waals surface area contributed by atoms with Crippen LogP contribution in [-0.2, 0) is 12.8 Å². The van der Waals surface area contributed by atoms with Crippen LogP contribution in [0.15, 0.2) is 36.4 Å². The van der Waals surface area contributed by atoms with E-state index in [4.69, 9.17) is 0 Å². The van der Waals surface area contributed by atoms with E-state index < -0.39 is 0 Å².